The number of β-amino-alcohol motifs (C(OH)–C–C–N with tert-alkyl or cyclic N) is 1. The molecule has 2 aromatic carbocycles. The van der Waals surface area contributed by atoms with E-state index in [9.17, 15) is 19.5 Å². The smallest absolute Gasteiger partial charge is 0.253 e. The molecule has 3 unspecified atom stereocenters. The molecule has 0 aliphatic carbocycles. The van der Waals surface area contributed by atoms with Crippen molar-refractivity contribution in [3.63, 3.8) is 0 Å². The highest BCUT2D eigenvalue weighted by atomic mass is 35.5. The van der Waals surface area contributed by atoms with Gasteiger partial charge in [-0.25, -0.2) is 0 Å². The van der Waals surface area contributed by atoms with Gasteiger partial charge in [-0.3, -0.25) is 14.4 Å². The van der Waals surface area contributed by atoms with Crippen LogP contribution in [-0.2, 0) is 19.1 Å². The lowest BCUT2D eigenvalue weighted by atomic mass is 9.62. The minimum absolute atomic E-state index is 0.0688. The van der Waals surface area contributed by atoms with Crippen molar-refractivity contribution >= 4 is 40.7 Å². The number of hydrogen-bond acceptors (Lipinski definition) is 6. The summed E-state index contributed by atoms with van der Waals surface area (Å²) in [4.78, 5) is 48.1. The van der Waals surface area contributed by atoms with Crippen LogP contribution >= 0.6 is 11.6 Å². The molecule has 44 heavy (non-hydrogen) atoms. The molecular weight excluding hydrogens is 582 g/mol. The first-order valence-electron chi connectivity index (χ1n) is 15.0. The van der Waals surface area contributed by atoms with Crippen LogP contribution in [0.3, 0.4) is 0 Å². The number of nitrogens with zero attached hydrogens (tertiary/aromatic N) is 3. The number of aliphatic hydroxyl groups is 1. The highest BCUT2D eigenvalue weighted by Gasteiger charge is 2.80. The van der Waals surface area contributed by atoms with E-state index in [0.29, 0.717) is 35.2 Å². The van der Waals surface area contributed by atoms with Crippen molar-refractivity contribution in [2.24, 2.45) is 17.8 Å². The first-order chi connectivity index (χ1) is 21.1. The molecule has 9 nitrogen and oxygen atoms in total. The Kier molecular flexibility index (Phi) is 8.94. The molecule has 1 spiro atoms. The summed E-state index contributed by atoms with van der Waals surface area (Å²) in [5, 5.41) is 10.5. The number of amides is 3. The molecule has 3 heterocycles. The van der Waals surface area contributed by atoms with Crippen LogP contribution in [0, 0.1) is 17.8 Å². The van der Waals surface area contributed by atoms with Gasteiger partial charge < -0.3 is 29.3 Å². The third kappa shape index (κ3) is 5.01. The number of rotatable bonds is 12. The number of halogens is 1. The number of benzene rings is 2. The fourth-order valence-electron chi connectivity index (χ4n) is 7.47. The summed E-state index contributed by atoms with van der Waals surface area (Å²) in [6.07, 6.45) is 3.67. The van der Waals surface area contributed by atoms with E-state index in [1.807, 2.05) is 32.9 Å². The predicted octanol–water partition coefficient (Wildman–Crippen LogP) is 4.48. The highest BCUT2D eigenvalue weighted by Crippen LogP contribution is 2.65. The molecule has 2 bridgehead atoms. The van der Waals surface area contributed by atoms with Crippen LogP contribution in [0.2, 0.25) is 5.02 Å². The van der Waals surface area contributed by atoms with Crippen molar-refractivity contribution in [2.75, 3.05) is 42.6 Å². The number of likely N-dealkylation sites (tertiary alicyclic amines) is 1. The van der Waals surface area contributed by atoms with Crippen LogP contribution in [0.5, 0.6) is 5.75 Å². The quantitative estimate of drug-likeness (QED) is 0.351. The third-order valence-electron chi connectivity index (χ3n) is 9.41. The zero-order valence-corrected chi connectivity index (χ0v) is 26.2. The zero-order chi connectivity index (χ0) is 31.8. The van der Waals surface area contributed by atoms with Gasteiger partial charge in [0.05, 0.1) is 30.7 Å². The van der Waals surface area contributed by atoms with Crippen molar-refractivity contribution in [2.45, 2.75) is 44.4 Å². The Morgan fingerprint density at radius 1 is 1.07 bits per heavy atom. The lowest BCUT2D eigenvalue weighted by Crippen LogP contribution is -2.57. The van der Waals surface area contributed by atoms with E-state index in [1.54, 1.807) is 58.4 Å². The van der Waals surface area contributed by atoms with Crippen molar-refractivity contribution in [3.05, 3.63) is 78.9 Å². The first kappa shape index (κ1) is 31.8. The lowest BCUT2D eigenvalue weighted by molar-refractivity contribution is -0.146. The standard InChI is InChI=1S/C34H40ClN3O6/c1-6-17-36(25-13-15-26(16-14-25)43-8-3)30(40)27-28-31(41)38(19-20-39)29(34(28)21-22(4)33(27,5)44-34)32(42)37(18-7-2)24-11-9-23(35)10-12-24/h6-7,9-16,22,27-29,39H,1-2,8,17-21H2,3-5H3/t22?,27-,28+,29?,33+,34?/m1/s1. The van der Waals surface area contributed by atoms with Crippen LogP contribution in [0.25, 0.3) is 0 Å². The average molecular weight is 622 g/mol. The number of carbonyl (C=O) groups is 3. The molecule has 1 N–H and O–H groups in total. The predicted molar refractivity (Wildman–Crippen MR) is 170 cm³/mol. The molecule has 3 fully saturated rings. The maximum absolute atomic E-state index is 14.6. The molecule has 3 aliphatic heterocycles. The molecular formula is C34H40ClN3O6. The van der Waals surface area contributed by atoms with Crippen molar-refractivity contribution < 1.29 is 29.0 Å². The highest BCUT2D eigenvalue weighted by molar-refractivity contribution is 6.30. The van der Waals surface area contributed by atoms with Crippen LogP contribution in [0.15, 0.2) is 73.8 Å². The Balaban J connectivity index is 1.58. The Bertz CT molecular complexity index is 1430. The largest absolute Gasteiger partial charge is 0.494 e. The van der Waals surface area contributed by atoms with Gasteiger partial charge in [-0.1, -0.05) is 30.7 Å². The van der Waals surface area contributed by atoms with Crippen LogP contribution in [0.1, 0.15) is 27.2 Å². The summed E-state index contributed by atoms with van der Waals surface area (Å²) in [5.74, 6) is -2.25. The summed E-state index contributed by atoms with van der Waals surface area (Å²) >= 11 is 6.13. The second-order valence-electron chi connectivity index (χ2n) is 11.8. The van der Waals surface area contributed by atoms with Gasteiger partial charge in [0.25, 0.3) is 5.91 Å². The summed E-state index contributed by atoms with van der Waals surface area (Å²) in [6, 6.07) is 13.0. The van der Waals surface area contributed by atoms with E-state index in [1.165, 1.54) is 4.90 Å². The van der Waals surface area contributed by atoms with Crippen molar-refractivity contribution in [1.82, 2.24) is 4.90 Å². The maximum atomic E-state index is 14.6. The minimum atomic E-state index is -1.26. The number of carbonyl (C=O) groups excluding carboxylic acids is 3. The Hall–Kier alpha value is -3.66. The van der Waals surface area contributed by atoms with E-state index in [4.69, 9.17) is 21.1 Å². The van der Waals surface area contributed by atoms with Crippen LogP contribution < -0.4 is 14.5 Å². The van der Waals surface area contributed by atoms with E-state index in [0.717, 1.165) is 0 Å². The van der Waals surface area contributed by atoms with E-state index < -0.39 is 29.1 Å². The van der Waals surface area contributed by atoms with Gasteiger partial charge in [0.1, 0.15) is 17.4 Å². The summed E-state index contributed by atoms with van der Waals surface area (Å²) in [6.45, 7) is 14.0. The SMILES string of the molecule is C=CCN(C(=O)C1N(CCO)C(=O)[C@@H]2[C@H](C(=O)N(CC=C)c3ccc(OCC)cc3)[C@@]3(C)OC12CC3C)c1ccc(Cl)cc1. The molecule has 2 aromatic rings. The number of anilines is 2. The molecule has 0 saturated carbocycles. The first-order valence-corrected chi connectivity index (χ1v) is 15.4. The monoisotopic (exact) mass is 621 g/mol. The molecule has 234 valence electrons. The van der Waals surface area contributed by atoms with Crippen LogP contribution in [-0.4, -0.2) is 77.8 Å². The van der Waals surface area contributed by atoms with E-state index in [2.05, 4.69) is 13.2 Å². The molecule has 5 rings (SSSR count). The minimum Gasteiger partial charge on any atom is -0.494 e. The fourth-order valence-corrected chi connectivity index (χ4v) is 7.60. The molecule has 6 atom stereocenters. The second kappa shape index (κ2) is 12.4. The Labute approximate surface area is 263 Å². The van der Waals surface area contributed by atoms with E-state index in [-0.39, 0.29) is 49.9 Å². The lowest BCUT2D eigenvalue weighted by Gasteiger charge is -2.39. The summed E-state index contributed by atoms with van der Waals surface area (Å²) < 4.78 is 12.4. The Morgan fingerprint density at radius 2 is 1.64 bits per heavy atom. The fraction of sp³-hybridized carbons (Fsp3) is 0.441. The van der Waals surface area contributed by atoms with Gasteiger partial charge in [0.15, 0.2) is 0 Å². The normalized spacial score (nSPS) is 28.5. The number of fused-ring (bicyclic) bond motifs is 1. The molecule has 3 amide bonds. The third-order valence-corrected chi connectivity index (χ3v) is 9.66. The Morgan fingerprint density at radius 3 is 2.18 bits per heavy atom. The average Bonchev–Trinajstić information content (AvgIpc) is 3.52. The topological polar surface area (TPSA) is 99.6 Å². The molecule has 0 radical (unpaired) electrons. The maximum Gasteiger partial charge on any atom is 0.253 e. The summed E-state index contributed by atoms with van der Waals surface area (Å²) in [5.41, 5.74) is -1.04. The second-order valence-corrected chi connectivity index (χ2v) is 12.3. The molecule has 0 aromatic heterocycles. The molecule has 3 saturated heterocycles. The van der Waals surface area contributed by atoms with Gasteiger partial charge >= 0.3 is 0 Å². The van der Waals surface area contributed by atoms with Crippen molar-refractivity contribution in [1.29, 1.82) is 0 Å². The van der Waals surface area contributed by atoms with Gasteiger partial charge in [-0.05, 0) is 74.7 Å². The molecule has 3 aliphatic rings. The van der Waals surface area contributed by atoms with E-state index >= 15 is 0 Å². The van der Waals surface area contributed by atoms with Gasteiger partial charge in [-0.15, -0.1) is 13.2 Å². The van der Waals surface area contributed by atoms with Crippen molar-refractivity contribution in [3.8, 4) is 5.75 Å². The van der Waals surface area contributed by atoms with Gasteiger partial charge in [-0.2, -0.15) is 0 Å². The molecule has 10 heteroatoms. The van der Waals surface area contributed by atoms with Gasteiger partial charge in [0, 0.05) is 36.0 Å². The summed E-state index contributed by atoms with van der Waals surface area (Å²) in [7, 11) is 0. The number of aliphatic hydroxyl groups excluding tert-OH is 1. The van der Waals surface area contributed by atoms with Crippen LogP contribution in [0.4, 0.5) is 11.4 Å². The van der Waals surface area contributed by atoms with Gasteiger partial charge in [0.2, 0.25) is 11.8 Å². The zero-order valence-electron chi connectivity index (χ0n) is 25.4. The number of ether oxygens (including phenoxy) is 2. The number of hydrogen-bond donors (Lipinski definition) is 1.